The first-order chi connectivity index (χ1) is 9.13. The molecule has 1 saturated heterocycles. The van der Waals surface area contributed by atoms with Gasteiger partial charge in [0.05, 0.1) is 5.56 Å². The van der Waals surface area contributed by atoms with Crippen molar-refractivity contribution in [3.05, 3.63) is 29.0 Å². The molecule has 0 aromatic carbocycles. The zero-order chi connectivity index (χ0) is 13.8. The van der Waals surface area contributed by atoms with Crippen LogP contribution in [0.3, 0.4) is 0 Å². The summed E-state index contributed by atoms with van der Waals surface area (Å²) in [4.78, 5) is 20.6. The highest BCUT2D eigenvalue weighted by molar-refractivity contribution is 6.32. The second kappa shape index (κ2) is 6.35. The molecule has 1 unspecified atom stereocenters. The van der Waals surface area contributed by atoms with Crippen LogP contribution in [0.2, 0.25) is 5.15 Å². The summed E-state index contributed by atoms with van der Waals surface area (Å²) in [5.41, 5.74) is 0.501. The minimum absolute atomic E-state index is 0.0121. The molecule has 0 saturated carbocycles. The van der Waals surface area contributed by atoms with Crippen molar-refractivity contribution < 1.29 is 4.79 Å². The van der Waals surface area contributed by atoms with Crippen molar-refractivity contribution in [2.75, 3.05) is 26.2 Å². The largest absolute Gasteiger partial charge is 0.336 e. The van der Waals surface area contributed by atoms with Gasteiger partial charge in [0.25, 0.3) is 5.91 Å². The summed E-state index contributed by atoms with van der Waals surface area (Å²) in [6, 6.07) is 4.06. The van der Waals surface area contributed by atoms with Crippen LogP contribution < -0.4 is 0 Å². The van der Waals surface area contributed by atoms with Crippen LogP contribution in [0.1, 0.15) is 30.6 Å². The molecule has 1 amide bonds. The molecule has 1 fully saturated rings. The number of pyridine rings is 1. The van der Waals surface area contributed by atoms with E-state index in [9.17, 15) is 4.79 Å². The minimum atomic E-state index is -0.0121. The van der Waals surface area contributed by atoms with Crippen LogP contribution in [0.5, 0.6) is 0 Å². The highest BCUT2D eigenvalue weighted by atomic mass is 35.5. The van der Waals surface area contributed by atoms with E-state index in [1.54, 1.807) is 18.3 Å². The molecule has 5 heteroatoms. The Morgan fingerprint density at radius 1 is 1.42 bits per heavy atom. The van der Waals surface area contributed by atoms with Gasteiger partial charge in [-0.3, -0.25) is 9.69 Å². The zero-order valence-electron chi connectivity index (χ0n) is 11.5. The number of rotatable bonds is 3. The van der Waals surface area contributed by atoms with Crippen molar-refractivity contribution in [3.8, 4) is 0 Å². The Labute approximate surface area is 119 Å². The Morgan fingerprint density at radius 3 is 2.68 bits per heavy atom. The molecule has 0 bridgehead atoms. The van der Waals surface area contributed by atoms with Gasteiger partial charge in [-0.1, -0.05) is 18.5 Å². The van der Waals surface area contributed by atoms with E-state index in [0.717, 1.165) is 32.6 Å². The lowest BCUT2D eigenvalue weighted by Crippen LogP contribution is -2.51. The number of hydrogen-bond acceptors (Lipinski definition) is 3. The van der Waals surface area contributed by atoms with Crippen molar-refractivity contribution in [3.63, 3.8) is 0 Å². The van der Waals surface area contributed by atoms with Gasteiger partial charge in [-0.25, -0.2) is 4.98 Å². The maximum atomic E-state index is 12.3. The second-order valence-corrected chi connectivity index (χ2v) is 5.29. The van der Waals surface area contributed by atoms with Gasteiger partial charge in [-0.15, -0.1) is 0 Å². The van der Waals surface area contributed by atoms with E-state index in [4.69, 9.17) is 11.6 Å². The molecule has 1 aromatic rings. The van der Waals surface area contributed by atoms with Gasteiger partial charge in [0.2, 0.25) is 0 Å². The predicted octanol–water partition coefficient (Wildman–Crippen LogP) is 2.29. The van der Waals surface area contributed by atoms with Gasteiger partial charge < -0.3 is 4.90 Å². The Bertz CT molecular complexity index is 444. The molecule has 0 N–H and O–H groups in total. The molecule has 2 rings (SSSR count). The van der Waals surface area contributed by atoms with E-state index in [0.29, 0.717) is 11.6 Å². The third-order valence-electron chi connectivity index (χ3n) is 3.81. The fourth-order valence-corrected chi connectivity index (χ4v) is 2.54. The average molecular weight is 282 g/mol. The van der Waals surface area contributed by atoms with Crippen LogP contribution in [-0.2, 0) is 0 Å². The standard InChI is InChI=1S/C14H20ClN3O/c1-3-11(2)17-7-9-18(10-8-17)14(19)12-5-4-6-16-13(12)15/h4-6,11H,3,7-10H2,1-2H3. The normalized spacial score (nSPS) is 18.4. The molecule has 0 spiro atoms. The average Bonchev–Trinajstić information content (AvgIpc) is 2.46. The number of carbonyl (C=O) groups is 1. The van der Waals surface area contributed by atoms with E-state index >= 15 is 0 Å². The van der Waals surface area contributed by atoms with E-state index < -0.39 is 0 Å². The Balaban J connectivity index is 1.98. The van der Waals surface area contributed by atoms with E-state index in [1.165, 1.54) is 0 Å². The van der Waals surface area contributed by atoms with Crippen molar-refractivity contribution in [1.82, 2.24) is 14.8 Å². The molecular weight excluding hydrogens is 262 g/mol. The Kier molecular flexibility index (Phi) is 4.77. The van der Waals surface area contributed by atoms with Gasteiger partial charge >= 0.3 is 0 Å². The fraction of sp³-hybridized carbons (Fsp3) is 0.571. The van der Waals surface area contributed by atoms with Crippen LogP contribution in [-0.4, -0.2) is 52.9 Å². The maximum absolute atomic E-state index is 12.3. The third kappa shape index (κ3) is 3.25. The zero-order valence-corrected chi connectivity index (χ0v) is 12.2. The van der Waals surface area contributed by atoms with Crippen LogP contribution >= 0.6 is 11.6 Å². The maximum Gasteiger partial charge on any atom is 0.257 e. The lowest BCUT2D eigenvalue weighted by molar-refractivity contribution is 0.0579. The van der Waals surface area contributed by atoms with E-state index in [1.807, 2.05) is 4.90 Å². The Morgan fingerprint density at radius 2 is 2.11 bits per heavy atom. The first-order valence-electron chi connectivity index (χ1n) is 6.77. The summed E-state index contributed by atoms with van der Waals surface area (Å²) in [6.45, 7) is 7.80. The lowest BCUT2D eigenvalue weighted by atomic mass is 10.1. The number of nitrogens with zero attached hydrogens (tertiary/aromatic N) is 3. The number of amides is 1. The smallest absolute Gasteiger partial charge is 0.257 e. The number of carbonyl (C=O) groups excluding carboxylic acids is 1. The first kappa shape index (κ1) is 14.3. The number of hydrogen-bond donors (Lipinski definition) is 0. The Hall–Kier alpha value is -1.13. The first-order valence-corrected chi connectivity index (χ1v) is 7.15. The van der Waals surface area contributed by atoms with Crippen molar-refractivity contribution >= 4 is 17.5 Å². The van der Waals surface area contributed by atoms with Crippen molar-refractivity contribution in [2.45, 2.75) is 26.3 Å². The summed E-state index contributed by atoms with van der Waals surface area (Å²) in [5.74, 6) is -0.0121. The quantitative estimate of drug-likeness (QED) is 0.798. The second-order valence-electron chi connectivity index (χ2n) is 4.93. The fourth-order valence-electron chi connectivity index (χ4n) is 2.34. The van der Waals surface area contributed by atoms with Gasteiger partial charge in [0.1, 0.15) is 5.15 Å². The topological polar surface area (TPSA) is 36.4 Å². The molecule has 4 nitrogen and oxygen atoms in total. The molecule has 104 valence electrons. The minimum Gasteiger partial charge on any atom is -0.336 e. The highest BCUT2D eigenvalue weighted by Gasteiger charge is 2.25. The van der Waals surface area contributed by atoms with Crippen molar-refractivity contribution in [1.29, 1.82) is 0 Å². The monoisotopic (exact) mass is 281 g/mol. The van der Waals surface area contributed by atoms with Gasteiger partial charge in [0.15, 0.2) is 0 Å². The van der Waals surface area contributed by atoms with Gasteiger partial charge in [0, 0.05) is 38.4 Å². The summed E-state index contributed by atoms with van der Waals surface area (Å²) in [7, 11) is 0. The van der Waals surface area contributed by atoms with Crippen LogP contribution in [0.4, 0.5) is 0 Å². The number of piperazine rings is 1. The third-order valence-corrected chi connectivity index (χ3v) is 4.11. The van der Waals surface area contributed by atoms with Gasteiger partial charge in [-0.05, 0) is 25.5 Å². The SMILES string of the molecule is CCC(C)N1CCN(C(=O)c2cccnc2Cl)CC1. The molecule has 1 atom stereocenters. The summed E-state index contributed by atoms with van der Waals surface area (Å²) in [6.07, 6.45) is 2.74. The van der Waals surface area contributed by atoms with Crippen LogP contribution in [0.25, 0.3) is 0 Å². The molecule has 2 heterocycles. The van der Waals surface area contributed by atoms with E-state index in [2.05, 4.69) is 23.7 Å². The molecule has 1 aliphatic heterocycles. The molecule has 19 heavy (non-hydrogen) atoms. The summed E-state index contributed by atoms with van der Waals surface area (Å²) < 4.78 is 0. The lowest BCUT2D eigenvalue weighted by Gasteiger charge is -2.37. The van der Waals surface area contributed by atoms with Crippen molar-refractivity contribution in [2.24, 2.45) is 0 Å². The number of halogens is 1. The molecule has 0 radical (unpaired) electrons. The summed E-state index contributed by atoms with van der Waals surface area (Å²) >= 11 is 5.97. The summed E-state index contributed by atoms with van der Waals surface area (Å²) in [5, 5.41) is 0.289. The highest BCUT2D eigenvalue weighted by Crippen LogP contribution is 2.16. The predicted molar refractivity (Wildman–Crippen MR) is 76.5 cm³/mol. The molecule has 1 aromatic heterocycles. The van der Waals surface area contributed by atoms with Crippen LogP contribution in [0, 0.1) is 0 Å². The number of aromatic nitrogens is 1. The van der Waals surface area contributed by atoms with E-state index in [-0.39, 0.29) is 11.1 Å². The molecule has 1 aliphatic rings. The molecular formula is C14H20ClN3O. The van der Waals surface area contributed by atoms with Gasteiger partial charge in [-0.2, -0.15) is 0 Å². The van der Waals surface area contributed by atoms with Crippen LogP contribution in [0.15, 0.2) is 18.3 Å². The molecule has 0 aliphatic carbocycles.